The summed E-state index contributed by atoms with van der Waals surface area (Å²) in [4.78, 5) is 11.2. The van der Waals surface area contributed by atoms with E-state index in [-0.39, 0.29) is 0 Å². The molecule has 0 fully saturated rings. The third-order valence-electron chi connectivity index (χ3n) is 2.36. The van der Waals surface area contributed by atoms with Crippen LogP contribution in [-0.4, -0.2) is 25.6 Å². The number of hydrogen-bond acceptors (Lipinski definition) is 3. The zero-order chi connectivity index (χ0) is 14.3. The minimum atomic E-state index is -0.808. The van der Waals surface area contributed by atoms with Crippen molar-refractivity contribution >= 4 is 5.91 Å². The third-order valence-corrected chi connectivity index (χ3v) is 2.36. The van der Waals surface area contributed by atoms with Crippen LogP contribution >= 0.6 is 0 Å². The Morgan fingerprint density at radius 3 is 2.37 bits per heavy atom. The van der Waals surface area contributed by atoms with E-state index in [1.54, 1.807) is 6.92 Å². The lowest BCUT2D eigenvalue weighted by atomic mass is 10.2. The lowest BCUT2D eigenvalue weighted by molar-refractivity contribution is -0.123. The number of amides is 1. The van der Waals surface area contributed by atoms with E-state index in [9.17, 15) is 13.6 Å². The summed E-state index contributed by atoms with van der Waals surface area (Å²) in [6.07, 6.45) is 0. The summed E-state index contributed by atoms with van der Waals surface area (Å²) in [5.41, 5.74) is 0.488. The molecule has 4 nitrogen and oxygen atoms in total. The highest BCUT2D eigenvalue weighted by Gasteiger charge is 2.14. The highest BCUT2D eigenvalue weighted by atomic mass is 19.1. The van der Waals surface area contributed by atoms with E-state index in [1.807, 2.05) is 6.92 Å². The predicted molar refractivity (Wildman–Crippen MR) is 67.9 cm³/mol. The Hall–Kier alpha value is -1.69. The molecule has 0 unspecified atom stereocenters. The Morgan fingerprint density at radius 1 is 1.21 bits per heavy atom. The molecule has 0 aromatic heterocycles. The smallest absolute Gasteiger partial charge is 0.257 e. The molecule has 0 atom stereocenters. The molecule has 0 heterocycles. The molecule has 0 bridgehead atoms. The van der Waals surface area contributed by atoms with E-state index in [1.165, 1.54) is 12.1 Å². The van der Waals surface area contributed by atoms with E-state index in [4.69, 9.17) is 4.74 Å². The molecule has 0 aliphatic carbocycles. The van der Waals surface area contributed by atoms with Gasteiger partial charge in [-0.05, 0) is 31.2 Å². The molecule has 1 aromatic carbocycles. The van der Waals surface area contributed by atoms with E-state index in [0.717, 1.165) is 0 Å². The first-order valence-electron chi connectivity index (χ1n) is 6.16. The zero-order valence-corrected chi connectivity index (χ0v) is 11.1. The van der Waals surface area contributed by atoms with Crippen LogP contribution in [0.3, 0.4) is 0 Å². The van der Waals surface area contributed by atoms with Crippen molar-refractivity contribution in [1.29, 1.82) is 0 Å². The van der Waals surface area contributed by atoms with Gasteiger partial charge in [0.1, 0.15) is 0 Å². The minimum Gasteiger partial charge on any atom is -0.478 e. The van der Waals surface area contributed by atoms with Crippen LogP contribution in [0.2, 0.25) is 0 Å². The van der Waals surface area contributed by atoms with Gasteiger partial charge in [0, 0.05) is 13.1 Å². The monoisotopic (exact) mass is 272 g/mol. The number of carbonyl (C=O) groups is 1. The van der Waals surface area contributed by atoms with E-state index in [0.29, 0.717) is 25.2 Å². The molecule has 19 heavy (non-hydrogen) atoms. The van der Waals surface area contributed by atoms with Crippen LogP contribution in [0.1, 0.15) is 19.4 Å². The lowest BCUT2D eigenvalue weighted by Crippen LogP contribution is -2.28. The first kappa shape index (κ1) is 15.4. The first-order valence-corrected chi connectivity index (χ1v) is 6.16. The summed E-state index contributed by atoms with van der Waals surface area (Å²) in [5.74, 6) is -2.56. The SMILES string of the molecule is CCNCc1cc(F)c(OCC(=O)NCC)c(F)c1. The van der Waals surface area contributed by atoms with Crippen molar-refractivity contribution in [1.82, 2.24) is 10.6 Å². The number of hydrogen-bond donors (Lipinski definition) is 2. The van der Waals surface area contributed by atoms with E-state index >= 15 is 0 Å². The Kier molecular flexibility index (Phi) is 6.21. The van der Waals surface area contributed by atoms with Gasteiger partial charge in [-0.1, -0.05) is 6.92 Å². The number of halogens is 2. The average Bonchev–Trinajstić information content (AvgIpc) is 2.35. The van der Waals surface area contributed by atoms with Crippen LogP contribution < -0.4 is 15.4 Å². The second-order valence-corrected chi connectivity index (χ2v) is 3.91. The summed E-state index contributed by atoms with van der Waals surface area (Å²) in [7, 11) is 0. The quantitative estimate of drug-likeness (QED) is 0.792. The van der Waals surface area contributed by atoms with Gasteiger partial charge in [0.2, 0.25) is 0 Å². The second-order valence-electron chi connectivity index (χ2n) is 3.91. The fraction of sp³-hybridized carbons (Fsp3) is 0.462. The van der Waals surface area contributed by atoms with Gasteiger partial charge < -0.3 is 15.4 Å². The largest absolute Gasteiger partial charge is 0.478 e. The van der Waals surface area contributed by atoms with Crippen molar-refractivity contribution in [2.45, 2.75) is 20.4 Å². The van der Waals surface area contributed by atoms with Crippen LogP contribution in [0.25, 0.3) is 0 Å². The van der Waals surface area contributed by atoms with Gasteiger partial charge >= 0.3 is 0 Å². The molecule has 0 saturated heterocycles. The molecule has 0 saturated carbocycles. The summed E-state index contributed by atoms with van der Waals surface area (Å²) in [5, 5.41) is 5.44. The van der Waals surface area contributed by atoms with Crippen molar-refractivity contribution in [2.24, 2.45) is 0 Å². The van der Waals surface area contributed by atoms with Gasteiger partial charge in [0.15, 0.2) is 24.0 Å². The highest BCUT2D eigenvalue weighted by Crippen LogP contribution is 2.23. The number of carbonyl (C=O) groups excluding carboxylic acids is 1. The molecular weight excluding hydrogens is 254 g/mol. The number of nitrogens with one attached hydrogen (secondary N) is 2. The van der Waals surface area contributed by atoms with Gasteiger partial charge in [0.05, 0.1) is 0 Å². The summed E-state index contributed by atoms with van der Waals surface area (Å²) >= 11 is 0. The van der Waals surface area contributed by atoms with E-state index in [2.05, 4.69) is 10.6 Å². The molecule has 6 heteroatoms. The predicted octanol–water partition coefficient (Wildman–Crippen LogP) is 1.59. The van der Waals surface area contributed by atoms with Crippen LogP contribution in [0.15, 0.2) is 12.1 Å². The second kappa shape index (κ2) is 7.68. The maximum Gasteiger partial charge on any atom is 0.257 e. The molecule has 1 aromatic rings. The van der Waals surface area contributed by atoms with Crippen LogP contribution in [0.4, 0.5) is 8.78 Å². The molecule has 1 amide bonds. The third kappa shape index (κ3) is 4.82. The van der Waals surface area contributed by atoms with Gasteiger partial charge in [-0.3, -0.25) is 4.79 Å². The maximum absolute atomic E-state index is 13.7. The maximum atomic E-state index is 13.7. The Labute approximate surface area is 111 Å². The van der Waals surface area contributed by atoms with Crippen molar-refractivity contribution in [2.75, 3.05) is 19.7 Å². The highest BCUT2D eigenvalue weighted by molar-refractivity contribution is 5.77. The number of benzene rings is 1. The molecule has 0 aliphatic rings. The molecule has 0 spiro atoms. The molecule has 106 valence electrons. The minimum absolute atomic E-state index is 0.376. The van der Waals surface area contributed by atoms with Crippen molar-refractivity contribution < 1.29 is 18.3 Å². The van der Waals surface area contributed by atoms with Gasteiger partial charge in [-0.2, -0.15) is 0 Å². The summed E-state index contributed by atoms with van der Waals surface area (Å²) in [6.45, 7) is 4.76. The van der Waals surface area contributed by atoms with Crippen molar-refractivity contribution in [3.63, 3.8) is 0 Å². The van der Waals surface area contributed by atoms with Crippen LogP contribution in [0, 0.1) is 11.6 Å². The molecule has 0 aliphatic heterocycles. The standard InChI is InChI=1S/C13H18F2N2O2/c1-3-16-7-9-5-10(14)13(11(15)6-9)19-8-12(18)17-4-2/h5-6,16H,3-4,7-8H2,1-2H3,(H,17,18). The van der Waals surface area contributed by atoms with Crippen molar-refractivity contribution in [3.8, 4) is 5.75 Å². The van der Waals surface area contributed by atoms with E-state index < -0.39 is 29.9 Å². The molecule has 1 rings (SSSR count). The Morgan fingerprint density at radius 2 is 1.84 bits per heavy atom. The fourth-order valence-electron chi connectivity index (χ4n) is 1.51. The summed E-state index contributed by atoms with van der Waals surface area (Å²) < 4.78 is 32.2. The molecule has 0 radical (unpaired) electrons. The number of rotatable bonds is 7. The topological polar surface area (TPSA) is 50.4 Å². The molecular formula is C13H18F2N2O2. The van der Waals surface area contributed by atoms with Gasteiger partial charge in [-0.25, -0.2) is 8.78 Å². The van der Waals surface area contributed by atoms with Gasteiger partial charge in [-0.15, -0.1) is 0 Å². The van der Waals surface area contributed by atoms with Crippen LogP contribution in [-0.2, 0) is 11.3 Å². The van der Waals surface area contributed by atoms with Crippen LogP contribution in [0.5, 0.6) is 5.75 Å². The number of likely N-dealkylation sites (N-methyl/N-ethyl adjacent to an activating group) is 1. The fourth-order valence-corrected chi connectivity index (χ4v) is 1.51. The van der Waals surface area contributed by atoms with Gasteiger partial charge in [0.25, 0.3) is 5.91 Å². The summed E-state index contributed by atoms with van der Waals surface area (Å²) in [6, 6.07) is 2.39. The zero-order valence-electron chi connectivity index (χ0n) is 11.1. The van der Waals surface area contributed by atoms with Crippen molar-refractivity contribution in [3.05, 3.63) is 29.3 Å². The average molecular weight is 272 g/mol. The molecule has 2 N–H and O–H groups in total. The Bertz CT molecular complexity index is 416. The normalized spacial score (nSPS) is 10.3. The first-order chi connectivity index (χ1) is 9.08. The number of ether oxygens (including phenoxy) is 1. The lowest BCUT2D eigenvalue weighted by Gasteiger charge is -2.10. The Balaban J connectivity index is 2.71.